The summed E-state index contributed by atoms with van der Waals surface area (Å²) in [4.78, 5) is 36.9. The Morgan fingerprint density at radius 2 is 1.96 bits per heavy atom. The lowest BCUT2D eigenvalue weighted by Crippen LogP contribution is -2.70. The van der Waals surface area contributed by atoms with Crippen molar-refractivity contribution < 1.29 is 19.5 Å². The topological polar surface area (TPSA) is 98.7 Å². The smallest absolute Gasteiger partial charge is 0.352 e. The molecule has 4 rings (SSSR count). The van der Waals surface area contributed by atoms with Gasteiger partial charge in [0.2, 0.25) is 5.91 Å². The van der Waals surface area contributed by atoms with Crippen LogP contribution in [-0.2, 0) is 14.4 Å². The van der Waals surface area contributed by atoms with Crippen LogP contribution in [0.5, 0.6) is 0 Å². The second-order valence-electron chi connectivity index (χ2n) is 6.29. The first-order valence-electron chi connectivity index (χ1n) is 8.45. The Balaban J connectivity index is 1.35. The van der Waals surface area contributed by atoms with Gasteiger partial charge in [-0.25, -0.2) is 4.79 Å². The van der Waals surface area contributed by atoms with Crippen LogP contribution in [0.4, 0.5) is 5.69 Å². The lowest BCUT2D eigenvalue weighted by Gasteiger charge is -2.48. The van der Waals surface area contributed by atoms with Crippen molar-refractivity contribution in [2.45, 2.75) is 11.4 Å². The standard InChI is InChI=1S/C19H17N3O4S/c23-15(10-20-13-6-5-11-3-1-2-4-12(11)9-13)21-16-17(24)22-14(19(25)26)7-8-27-18(16)22/h1-7,9,16,18,20H,8,10H2,(H,21,23)(H,25,26)/t16?,18-/m0/s1. The molecule has 2 heterocycles. The molecule has 0 saturated carbocycles. The number of β-lactam (4-membered cyclic amide) rings is 1. The van der Waals surface area contributed by atoms with Gasteiger partial charge in [0.15, 0.2) is 0 Å². The summed E-state index contributed by atoms with van der Waals surface area (Å²) in [5, 5.41) is 16.7. The molecule has 27 heavy (non-hydrogen) atoms. The van der Waals surface area contributed by atoms with Gasteiger partial charge in [0.05, 0.1) is 6.54 Å². The number of carboxylic acids is 1. The van der Waals surface area contributed by atoms with Crippen molar-refractivity contribution >= 4 is 46.0 Å². The van der Waals surface area contributed by atoms with E-state index >= 15 is 0 Å². The molecule has 2 aliphatic heterocycles. The van der Waals surface area contributed by atoms with Crippen molar-refractivity contribution in [3.05, 3.63) is 54.2 Å². The van der Waals surface area contributed by atoms with Gasteiger partial charge in [0, 0.05) is 11.4 Å². The number of thioether (sulfide) groups is 1. The molecule has 1 saturated heterocycles. The van der Waals surface area contributed by atoms with E-state index in [4.69, 9.17) is 5.11 Å². The molecular formula is C19H17N3O4S. The molecule has 0 radical (unpaired) electrons. The molecule has 0 aromatic heterocycles. The molecule has 0 spiro atoms. The van der Waals surface area contributed by atoms with E-state index < -0.39 is 12.0 Å². The van der Waals surface area contributed by atoms with Crippen molar-refractivity contribution in [2.24, 2.45) is 0 Å². The third-order valence-electron chi connectivity index (χ3n) is 4.58. The second kappa shape index (κ2) is 6.96. The molecule has 1 fully saturated rings. The molecule has 0 aliphatic carbocycles. The number of nitrogens with one attached hydrogen (secondary N) is 2. The highest BCUT2D eigenvalue weighted by Crippen LogP contribution is 2.37. The number of nitrogens with zero attached hydrogens (tertiary/aromatic N) is 1. The molecule has 2 atom stereocenters. The van der Waals surface area contributed by atoms with E-state index in [2.05, 4.69) is 10.6 Å². The van der Waals surface area contributed by atoms with Crippen molar-refractivity contribution in [1.29, 1.82) is 0 Å². The largest absolute Gasteiger partial charge is 0.477 e. The Morgan fingerprint density at radius 1 is 1.19 bits per heavy atom. The van der Waals surface area contributed by atoms with Crippen molar-refractivity contribution in [1.82, 2.24) is 10.2 Å². The van der Waals surface area contributed by atoms with Crippen molar-refractivity contribution in [2.75, 3.05) is 17.6 Å². The van der Waals surface area contributed by atoms with Crippen LogP contribution >= 0.6 is 11.8 Å². The molecule has 2 aromatic rings. The quantitative estimate of drug-likeness (QED) is 0.679. The van der Waals surface area contributed by atoms with Gasteiger partial charge < -0.3 is 15.7 Å². The summed E-state index contributed by atoms with van der Waals surface area (Å²) in [6.07, 6.45) is 1.51. The normalized spacial score (nSPS) is 21.1. The summed E-state index contributed by atoms with van der Waals surface area (Å²) in [5.41, 5.74) is 0.803. The first-order valence-corrected chi connectivity index (χ1v) is 9.49. The number of hydrogen-bond acceptors (Lipinski definition) is 5. The first kappa shape index (κ1) is 17.4. The number of carbonyl (C=O) groups excluding carboxylic acids is 2. The third-order valence-corrected chi connectivity index (χ3v) is 5.77. The van der Waals surface area contributed by atoms with E-state index in [9.17, 15) is 14.4 Å². The van der Waals surface area contributed by atoms with Crippen LogP contribution in [0.25, 0.3) is 10.8 Å². The number of aliphatic carboxylic acids is 1. The number of carbonyl (C=O) groups is 3. The molecule has 7 nitrogen and oxygen atoms in total. The third kappa shape index (κ3) is 3.23. The van der Waals surface area contributed by atoms with Gasteiger partial charge in [-0.2, -0.15) is 0 Å². The Kier molecular flexibility index (Phi) is 4.49. The highest BCUT2D eigenvalue weighted by Gasteiger charge is 2.52. The van der Waals surface area contributed by atoms with Crippen LogP contribution in [-0.4, -0.2) is 51.5 Å². The lowest BCUT2D eigenvalue weighted by atomic mass is 10.1. The van der Waals surface area contributed by atoms with E-state index in [0.717, 1.165) is 16.5 Å². The van der Waals surface area contributed by atoms with E-state index in [1.807, 2.05) is 42.5 Å². The highest BCUT2D eigenvalue weighted by atomic mass is 32.2. The van der Waals surface area contributed by atoms with E-state index in [-0.39, 0.29) is 29.4 Å². The average molecular weight is 383 g/mol. The monoisotopic (exact) mass is 383 g/mol. The van der Waals surface area contributed by atoms with Gasteiger partial charge in [-0.15, -0.1) is 11.8 Å². The zero-order valence-corrected chi connectivity index (χ0v) is 15.0. The minimum Gasteiger partial charge on any atom is -0.477 e. The molecule has 2 aliphatic rings. The number of rotatable bonds is 5. The second-order valence-corrected chi connectivity index (χ2v) is 7.44. The van der Waals surface area contributed by atoms with Crippen LogP contribution in [0.3, 0.4) is 0 Å². The maximum Gasteiger partial charge on any atom is 0.352 e. The summed E-state index contributed by atoms with van der Waals surface area (Å²) >= 11 is 1.43. The van der Waals surface area contributed by atoms with E-state index in [1.54, 1.807) is 0 Å². The fraction of sp³-hybridized carbons (Fsp3) is 0.211. The number of hydrogen-bond donors (Lipinski definition) is 3. The molecule has 138 valence electrons. The van der Waals surface area contributed by atoms with Crippen molar-refractivity contribution in [3.63, 3.8) is 0 Å². The average Bonchev–Trinajstić information content (AvgIpc) is 2.69. The Hall–Kier alpha value is -3.00. The molecular weight excluding hydrogens is 366 g/mol. The molecule has 2 aromatic carbocycles. The fourth-order valence-electron chi connectivity index (χ4n) is 3.24. The van der Waals surface area contributed by atoms with Gasteiger partial charge in [0.25, 0.3) is 5.91 Å². The number of amides is 2. The number of carboxylic acid groups (broad SMARTS) is 1. The summed E-state index contributed by atoms with van der Waals surface area (Å²) in [5.74, 6) is -1.33. The molecule has 1 unspecified atom stereocenters. The number of anilines is 1. The van der Waals surface area contributed by atoms with Gasteiger partial charge in [-0.3, -0.25) is 14.5 Å². The predicted octanol–water partition coefficient (Wildman–Crippen LogP) is 1.62. The first-order chi connectivity index (χ1) is 13.0. The fourth-order valence-corrected chi connectivity index (χ4v) is 4.44. The van der Waals surface area contributed by atoms with Crippen LogP contribution in [0.15, 0.2) is 54.2 Å². The maximum absolute atomic E-state index is 12.2. The Morgan fingerprint density at radius 3 is 2.74 bits per heavy atom. The summed E-state index contributed by atoms with van der Waals surface area (Å²) < 4.78 is 0. The number of benzene rings is 2. The summed E-state index contributed by atoms with van der Waals surface area (Å²) in [6.45, 7) is 0.0289. The van der Waals surface area contributed by atoms with Gasteiger partial charge >= 0.3 is 5.97 Å². The van der Waals surface area contributed by atoms with E-state index in [0.29, 0.717) is 5.75 Å². The summed E-state index contributed by atoms with van der Waals surface area (Å²) in [7, 11) is 0. The molecule has 8 heteroatoms. The minimum atomic E-state index is -1.13. The van der Waals surface area contributed by atoms with Crippen LogP contribution < -0.4 is 10.6 Å². The molecule has 3 N–H and O–H groups in total. The lowest BCUT2D eigenvalue weighted by molar-refractivity contribution is -0.150. The van der Waals surface area contributed by atoms with Gasteiger partial charge in [-0.05, 0) is 29.0 Å². The predicted molar refractivity (Wildman–Crippen MR) is 103 cm³/mol. The maximum atomic E-state index is 12.2. The summed E-state index contributed by atoms with van der Waals surface area (Å²) in [6, 6.07) is 13.1. The van der Waals surface area contributed by atoms with Crippen LogP contribution in [0, 0.1) is 0 Å². The Bertz CT molecular complexity index is 974. The molecule has 0 bridgehead atoms. The van der Waals surface area contributed by atoms with Crippen LogP contribution in [0.1, 0.15) is 0 Å². The van der Waals surface area contributed by atoms with E-state index in [1.165, 1.54) is 22.7 Å². The zero-order chi connectivity index (χ0) is 19.0. The zero-order valence-electron chi connectivity index (χ0n) is 14.2. The van der Waals surface area contributed by atoms with Gasteiger partial charge in [-0.1, -0.05) is 30.3 Å². The van der Waals surface area contributed by atoms with Crippen molar-refractivity contribution in [3.8, 4) is 0 Å². The highest BCUT2D eigenvalue weighted by molar-refractivity contribution is 8.00. The minimum absolute atomic E-state index is 0.0106. The Labute approximate surface area is 159 Å². The SMILES string of the molecule is O=C(CNc1ccc2ccccc2c1)NC1C(=O)N2C(C(=O)O)=CCS[C@@H]12. The molecule has 2 amide bonds. The van der Waals surface area contributed by atoms with Gasteiger partial charge in [0.1, 0.15) is 17.1 Å². The number of fused-ring (bicyclic) bond motifs is 2. The van der Waals surface area contributed by atoms with Crippen LogP contribution in [0.2, 0.25) is 0 Å².